The molecule has 0 atom stereocenters. The highest BCUT2D eigenvalue weighted by atomic mass is 35.5. The van der Waals surface area contributed by atoms with Crippen LogP contribution in [-0.2, 0) is 4.79 Å². The van der Waals surface area contributed by atoms with Crippen molar-refractivity contribution in [3.63, 3.8) is 0 Å². The molecule has 2 aromatic carbocycles. The number of benzene rings is 2. The Labute approximate surface area is 163 Å². The molecule has 0 spiro atoms. The highest BCUT2D eigenvalue weighted by Crippen LogP contribution is 2.27. The van der Waals surface area contributed by atoms with Crippen molar-refractivity contribution in [2.45, 2.75) is 0 Å². The van der Waals surface area contributed by atoms with Gasteiger partial charge in [-0.25, -0.2) is 4.79 Å². The number of hydrogen-bond donors (Lipinski definition) is 1. The molecule has 0 saturated carbocycles. The molecule has 2 aromatic rings. The zero-order valence-electron chi connectivity index (χ0n) is 12.4. The summed E-state index contributed by atoms with van der Waals surface area (Å²) in [5, 5.41) is 3.21. The van der Waals surface area contributed by atoms with Crippen molar-refractivity contribution in [2.24, 2.45) is 0 Å². The molecular formula is C17H9Cl2NO3S2. The number of amides is 1. The molecule has 0 unspecified atom stereocenters. The number of halogens is 2. The topological polar surface area (TPSA) is 55.4 Å². The van der Waals surface area contributed by atoms with E-state index in [1.54, 1.807) is 36.4 Å². The Balaban J connectivity index is 1.72. The molecule has 0 bridgehead atoms. The number of thioether (sulfide) groups is 1. The van der Waals surface area contributed by atoms with Gasteiger partial charge in [-0.1, -0.05) is 59.3 Å². The van der Waals surface area contributed by atoms with Gasteiger partial charge in [0.05, 0.1) is 15.5 Å². The van der Waals surface area contributed by atoms with Crippen LogP contribution in [0.4, 0.5) is 0 Å². The Morgan fingerprint density at radius 2 is 1.88 bits per heavy atom. The second-order valence-corrected chi connectivity index (χ2v) is 7.50. The number of thiocarbonyl (C=S) groups is 1. The molecule has 1 aliphatic heterocycles. The summed E-state index contributed by atoms with van der Waals surface area (Å²) < 4.78 is 5.72. The quantitative estimate of drug-likeness (QED) is 0.344. The molecule has 1 saturated heterocycles. The van der Waals surface area contributed by atoms with E-state index < -0.39 is 5.97 Å². The van der Waals surface area contributed by atoms with E-state index in [0.29, 0.717) is 20.0 Å². The summed E-state index contributed by atoms with van der Waals surface area (Å²) in [5.74, 6) is -0.441. The molecule has 8 heteroatoms. The minimum absolute atomic E-state index is 0.220. The van der Waals surface area contributed by atoms with Crippen LogP contribution in [0.15, 0.2) is 47.4 Å². The van der Waals surface area contributed by atoms with Gasteiger partial charge in [0.15, 0.2) is 0 Å². The van der Waals surface area contributed by atoms with Crippen LogP contribution in [0, 0.1) is 0 Å². The maximum absolute atomic E-state index is 12.2. The summed E-state index contributed by atoms with van der Waals surface area (Å²) >= 11 is 17.9. The lowest BCUT2D eigenvalue weighted by Gasteiger charge is -2.06. The van der Waals surface area contributed by atoms with E-state index in [-0.39, 0.29) is 16.5 Å². The Bertz CT molecular complexity index is 911. The van der Waals surface area contributed by atoms with Crippen molar-refractivity contribution in [1.29, 1.82) is 0 Å². The van der Waals surface area contributed by atoms with E-state index in [0.717, 1.165) is 5.56 Å². The van der Waals surface area contributed by atoms with Crippen LogP contribution in [0.3, 0.4) is 0 Å². The largest absolute Gasteiger partial charge is 0.423 e. The van der Waals surface area contributed by atoms with Crippen molar-refractivity contribution in [3.05, 3.63) is 68.5 Å². The minimum Gasteiger partial charge on any atom is -0.423 e. The van der Waals surface area contributed by atoms with Crippen LogP contribution in [0.5, 0.6) is 5.75 Å². The van der Waals surface area contributed by atoms with Crippen LogP contribution < -0.4 is 10.1 Å². The number of nitrogens with one attached hydrogen (secondary N) is 1. The van der Waals surface area contributed by atoms with Gasteiger partial charge >= 0.3 is 5.97 Å². The van der Waals surface area contributed by atoms with Gasteiger partial charge in [-0.05, 0) is 42.0 Å². The molecule has 3 rings (SSSR count). The highest BCUT2D eigenvalue weighted by molar-refractivity contribution is 8.26. The van der Waals surface area contributed by atoms with Gasteiger partial charge in [0, 0.05) is 5.02 Å². The van der Waals surface area contributed by atoms with Gasteiger partial charge in [0.25, 0.3) is 5.91 Å². The predicted molar refractivity (Wildman–Crippen MR) is 104 cm³/mol. The monoisotopic (exact) mass is 409 g/mol. The average Bonchev–Trinajstić information content (AvgIpc) is 2.86. The summed E-state index contributed by atoms with van der Waals surface area (Å²) in [7, 11) is 0. The number of ether oxygens (including phenoxy) is 1. The molecule has 126 valence electrons. The molecular weight excluding hydrogens is 401 g/mol. The van der Waals surface area contributed by atoms with Gasteiger partial charge in [-0.15, -0.1) is 0 Å². The maximum atomic E-state index is 12.2. The van der Waals surface area contributed by atoms with Gasteiger partial charge in [0.1, 0.15) is 10.1 Å². The zero-order chi connectivity index (χ0) is 18.0. The normalized spacial score (nSPS) is 15.4. The van der Waals surface area contributed by atoms with Crippen LogP contribution in [0.1, 0.15) is 15.9 Å². The molecule has 0 aliphatic carbocycles. The first kappa shape index (κ1) is 17.9. The van der Waals surface area contributed by atoms with Crippen LogP contribution in [0.2, 0.25) is 10.0 Å². The fourth-order valence-electron chi connectivity index (χ4n) is 2.02. The molecule has 1 N–H and O–H groups in total. The number of hydrogen-bond acceptors (Lipinski definition) is 5. The van der Waals surface area contributed by atoms with Crippen molar-refractivity contribution < 1.29 is 14.3 Å². The Kier molecular flexibility index (Phi) is 5.44. The smallest absolute Gasteiger partial charge is 0.345 e. The van der Waals surface area contributed by atoms with E-state index in [4.69, 9.17) is 40.2 Å². The minimum atomic E-state index is -0.580. The Morgan fingerprint density at radius 3 is 2.48 bits per heavy atom. The number of esters is 1. The summed E-state index contributed by atoms with van der Waals surface area (Å²) in [6.07, 6.45) is 1.71. The highest BCUT2D eigenvalue weighted by Gasteiger charge is 2.21. The molecule has 1 amide bonds. The lowest BCUT2D eigenvalue weighted by molar-refractivity contribution is -0.115. The molecule has 1 aliphatic rings. The zero-order valence-corrected chi connectivity index (χ0v) is 15.6. The SMILES string of the molecule is O=C1NC(=S)S/C1=C\c1ccc(OC(=O)c2ccc(Cl)cc2Cl)cc1. The summed E-state index contributed by atoms with van der Waals surface area (Å²) in [6.45, 7) is 0. The van der Waals surface area contributed by atoms with Gasteiger partial charge in [0.2, 0.25) is 0 Å². The van der Waals surface area contributed by atoms with Gasteiger partial charge in [-0.3, -0.25) is 4.79 Å². The first-order valence-corrected chi connectivity index (χ1v) is 8.92. The molecule has 1 fully saturated rings. The average molecular weight is 410 g/mol. The van der Waals surface area contributed by atoms with E-state index >= 15 is 0 Å². The standard InChI is InChI=1S/C17H9Cl2NO3S2/c18-10-3-6-12(13(19)8-10)16(22)23-11-4-1-9(2-5-11)7-14-15(21)20-17(24)25-14/h1-8H,(H,20,21,24)/b14-7-. The molecule has 0 aromatic heterocycles. The maximum Gasteiger partial charge on any atom is 0.345 e. The summed E-state index contributed by atoms with van der Waals surface area (Å²) in [5.41, 5.74) is 1.01. The van der Waals surface area contributed by atoms with Gasteiger partial charge in [-0.2, -0.15) is 0 Å². The van der Waals surface area contributed by atoms with Crippen molar-refractivity contribution >= 4 is 69.5 Å². The van der Waals surface area contributed by atoms with Crippen LogP contribution in [-0.4, -0.2) is 16.2 Å². The predicted octanol–water partition coefficient (Wildman–Crippen LogP) is 4.70. The Morgan fingerprint density at radius 1 is 1.16 bits per heavy atom. The summed E-state index contributed by atoms with van der Waals surface area (Å²) in [4.78, 5) is 24.3. The lowest BCUT2D eigenvalue weighted by Crippen LogP contribution is -2.17. The lowest BCUT2D eigenvalue weighted by atomic mass is 10.2. The fourth-order valence-corrected chi connectivity index (χ4v) is 3.55. The van der Waals surface area contributed by atoms with E-state index in [1.807, 2.05) is 0 Å². The third kappa shape index (κ3) is 4.41. The molecule has 4 nitrogen and oxygen atoms in total. The summed E-state index contributed by atoms with van der Waals surface area (Å²) in [6, 6.07) is 11.3. The third-order valence-electron chi connectivity index (χ3n) is 3.18. The van der Waals surface area contributed by atoms with E-state index in [2.05, 4.69) is 5.32 Å². The van der Waals surface area contributed by atoms with Crippen LogP contribution >= 0.6 is 47.2 Å². The number of rotatable bonds is 3. The second kappa shape index (κ2) is 7.58. The van der Waals surface area contributed by atoms with E-state index in [1.165, 1.54) is 23.9 Å². The fraction of sp³-hybridized carbons (Fsp3) is 0. The van der Waals surface area contributed by atoms with Crippen molar-refractivity contribution in [2.75, 3.05) is 0 Å². The molecule has 0 radical (unpaired) electrons. The second-order valence-electron chi connectivity index (χ2n) is 4.93. The van der Waals surface area contributed by atoms with Crippen molar-refractivity contribution in [3.8, 4) is 5.75 Å². The Hall–Kier alpha value is -1.86. The first-order chi connectivity index (χ1) is 11.9. The number of carbonyl (C=O) groups is 2. The van der Waals surface area contributed by atoms with Gasteiger partial charge < -0.3 is 10.1 Å². The molecule has 1 heterocycles. The van der Waals surface area contributed by atoms with Crippen LogP contribution in [0.25, 0.3) is 6.08 Å². The van der Waals surface area contributed by atoms with E-state index in [9.17, 15) is 9.59 Å². The third-order valence-corrected chi connectivity index (χ3v) is 4.89. The molecule has 25 heavy (non-hydrogen) atoms. The number of carbonyl (C=O) groups excluding carboxylic acids is 2. The first-order valence-electron chi connectivity index (χ1n) is 6.94. The van der Waals surface area contributed by atoms with Crippen molar-refractivity contribution in [1.82, 2.24) is 5.32 Å².